The lowest BCUT2D eigenvalue weighted by Crippen LogP contribution is -2.44. The molecule has 0 aromatic carbocycles. The summed E-state index contributed by atoms with van der Waals surface area (Å²) in [5.74, 6) is 1.58. The largest absolute Gasteiger partial charge is 0.336 e. The van der Waals surface area contributed by atoms with Gasteiger partial charge < -0.3 is 14.8 Å². The molecule has 2 aliphatic rings. The van der Waals surface area contributed by atoms with Gasteiger partial charge in [-0.05, 0) is 44.6 Å². The molecule has 0 unspecified atom stereocenters. The summed E-state index contributed by atoms with van der Waals surface area (Å²) < 4.78 is 11.1. The first-order valence-corrected chi connectivity index (χ1v) is 9.10. The molecule has 3 aromatic heterocycles. The molecule has 3 heterocycles. The van der Waals surface area contributed by atoms with Crippen LogP contribution in [-0.4, -0.2) is 20.3 Å². The van der Waals surface area contributed by atoms with Gasteiger partial charge in [-0.3, -0.25) is 0 Å². The molecular formula is C18H21N5O2. The van der Waals surface area contributed by atoms with Crippen LogP contribution in [0, 0.1) is 0 Å². The van der Waals surface area contributed by atoms with Gasteiger partial charge in [-0.15, -0.1) is 0 Å². The summed E-state index contributed by atoms with van der Waals surface area (Å²) >= 11 is 0. The number of hydrogen-bond acceptors (Lipinski definition) is 7. The van der Waals surface area contributed by atoms with Gasteiger partial charge in [0.25, 0.3) is 11.6 Å². The topological polar surface area (TPSA) is 104 Å². The molecule has 0 atom stereocenters. The number of nitrogens with two attached hydrogens (primary N) is 1. The van der Waals surface area contributed by atoms with E-state index in [9.17, 15) is 0 Å². The predicted molar refractivity (Wildman–Crippen MR) is 90.8 cm³/mol. The molecule has 7 heteroatoms. The average Bonchev–Trinajstić information content (AvgIpc) is 3.18. The van der Waals surface area contributed by atoms with Crippen molar-refractivity contribution >= 4 is 11.1 Å². The lowest BCUT2D eigenvalue weighted by molar-refractivity contribution is 0.229. The Labute approximate surface area is 145 Å². The summed E-state index contributed by atoms with van der Waals surface area (Å²) in [6.45, 7) is 2.12. The number of aromatic nitrogens is 4. The van der Waals surface area contributed by atoms with E-state index in [1.807, 2.05) is 0 Å². The van der Waals surface area contributed by atoms with E-state index >= 15 is 0 Å². The molecule has 2 fully saturated rings. The SMILES string of the molecule is CCCc1noc2nc(C3CC3)cc(-c3nc(C4(N)CCC4)no3)c12. The Balaban J connectivity index is 1.66. The monoisotopic (exact) mass is 339 g/mol. The molecule has 0 spiro atoms. The minimum Gasteiger partial charge on any atom is -0.336 e. The van der Waals surface area contributed by atoms with E-state index in [-0.39, 0.29) is 0 Å². The molecule has 3 aromatic rings. The van der Waals surface area contributed by atoms with Gasteiger partial charge in [0.15, 0.2) is 5.82 Å². The number of nitrogens with zero attached hydrogens (tertiary/aromatic N) is 4. The first-order chi connectivity index (χ1) is 12.2. The zero-order valence-corrected chi connectivity index (χ0v) is 14.3. The van der Waals surface area contributed by atoms with Gasteiger partial charge in [0.1, 0.15) is 0 Å². The maximum atomic E-state index is 6.35. The minimum absolute atomic E-state index is 0.436. The van der Waals surface area contributed by atoms with Crippen LogP contribution in [-0.2, 0) is 12.0 Å². The van der Waals surface area contributed by atoms with E-state index in [0.29, 0.717) is 23.3 Å². The quantitative estimate of drug-likeness (QED) is 0.759. The van der Waals surface area contributed by atoms with Crippen molar-refractivity contribution < 1.29 is 9.05 Å². The molecule has 0 amide bonds. The first-order valence-electron chi connectivity index (χ1n) is 9.10. The summed E-state index contributed by atoms with van der Waals surface area (Å²) in [6.07, 6.45) is 7.04. The van der Waals surface area contributed by atoms with Crippen LogP contribution >= 0.6 is 0 Å². The Morgan fingerprint density at radius 2 is 2.04 bits per heavy atom. The van der Waals surface area contributed by atoms with Crippen molar-refractivity contribution in [2.45, 2.75) is 63.3 Å². The van der Waals surface area contributed by atoms with Crippen LogP contribution in [0.5, 0.6) is 0 Å². The van der Waals surface area contributed by atoms with Crippen LogP contribution in [0.25, 0.3) is 22.6 Å². The van der Waals surface area contributed by atoms with Gasteiger partial charge in [0.2, 0.25) is 0 Å². The lowest BCUT2D eigenvalue weighted by atomic mass is 9.77. The van der Waals surface area contributed by atoms with Gasteiger partial charge in [0.05, 0.1) is 22.2 Å². The lowest BCUT2D eigenvalue weighted by Gasteiger charge is -2.34. The molecule has 5 rings (SSSR count). The Morgan fingerprint density at radius 1 is 1.20 bits per heavy atom. The number of pyridine rings is 1. The standard InChI is InChI=1S/C18H21N5O2/c1-2-4-12-14-11(9-13(10-5-6-10)20-16(14)25-22-12)15-21-17(23-24-15)18(19)7-3-8-18/h9-10H,2-8,19H2,1H3. The normalized spacial score (nSPS) is 19.3. The third-order valence-corrected chi connectivity index (χ3v) is 5.37. The Morgan fingerprint density at radius 3 is 2.72 bits per heavy atom. The highest BCUT2D eigenvalue weighted by atomic mass is 16.5. The van der Waals surface area contributed by atoms with Gasteiger partial charge in [-0.2, -0.15) is 4.98 Å². The number of fused-ring (bicyclic) bond motifs is 1. The molecule has 0 radical (unpaired) electrons. The minimum atomic E-state index is -0.436. The van der Waals surface area contributed by atoms with Crippen molar-refractivity contribution in [3.05, 3.63) is 23.3 Å². The molecule has 2 saturated carbocycles. The predicted octanol–water partition coefficient (Wildman–Crippen LogP) is 3.44. The van der Waals surface area contributed by atoms with Crippen LogP contribution < -0.4 is 5.73 Å². The van der Waals surface area contributed by atoms with Crippen molar-refractivity contribution in [3.8, 4) is 11.5 Å². The third-order valence-electron chi connectivity index (χ3n) is 5.37. The molecule has 0 saturated heterocycles. The molecule has 2 aliphatic carbocycles. The van der Waals surface area contributed by atoms with Crippen molar-refractivity contribution in [3.63, 3.8) is 0 Å². The Kier molecular flexibility index (Phi) is 3.22. The van der Waals surface area contributed by atoms with Gasteiger partial charge in [-0.1, -0.05) is 23.7 Å². The molecule has 0 aliphatic heterocycles. The highest BCUT2D eigenvalue weighted by molar-refractivity contribution is 5.91. The van der Waals surface area contributed by atoms with E-state index in [1.54, 1.807) is 0 Å². The number of hydrogen-bond donors (Lipinski definition) is 1. The highest BCUT2D eigenvalue weighted by Crippen LogP contribution is 2.43. The van der Waals surface area contributed by atoms with Gasteiger partial charge in [-0.25, -0.2) is 4.98 Å². The zero-order valence-electron chi connectivity index (χ0n) is 14.3. The number of rotatable bonds is 5. The molecule has 2 N–H and O–H groups in total. The third kappa shape index (κ3) is 2.37. The maximum Gasteiger partial charge on any atom is 0.259 e. The first kappa shape index (κ1) is 15.0. The van der Waals surface area contributed by atoms with Crippen LogP contribution in [0.2, 0.25) is 0 Å². The van der Waals surface area contributed by atoms with Crippen molar-refractivity contribution in [1.82, 2.24) is 20.3 Å². The zero-order chi connectivity index (χ0) is 17.0. The van der Waals surface area contributed by atoms with Crippen LogP contribution in [0.3, 0.4) is 0 Å². The van der Waals surface area contributed by atoms with E-state index in [1.165, 1.54) is 0 Å². The smallest absolute Gasteiger partial charge is 0.259 e. The molecule has 25 heavy (non-hydrogen) atoms. The molecular weight excluding hydrogens is 318 g/mol. The fraction of sp³-hybridized carbons (Fsp3) is 0.556. The second kappa shape index (κ2) is 5.36. The van der Waals surface area contributed by atoms with E-state index < -0.39 is 5.54 Å². The maximum absolute atomic E-state index is 6.35. The number of aryl methyl sites for hydroxylation is 1. The van der Waals surface area contributed by atoms with Crippen molar-refractivity contribution in [2.75, 3.05) is 0 Å². The fourth-order valence-corrected chi connectivity index (χ4v) is 3.51. The van der Waals surface area contributed by atoms with E-state index in [4.69, 9.17) is 14.8 Å². The second-order valence-corrected chi connectivity index (χ2v) is 7.36. The molecule has 130 valence electrons. The molecule has 7 nitrogen and oxygen atoms in total. The van der Waals surface area contributed by atoms with Gasteiger partial charge >= 0.3 is 0 Å². The summed E-state index contributed by atoms with van der Waals surface area (Å²) in [5, 5.41) is 9.27. The summed E-state index contributed by atoms with van der Waals surface area (Å²) in [6, 6.07) is 2.07. The molecule has 0 bridgehead atoms. The fourth-order valence-electron chi connectivity index (χ4n) is 3.51. The Hall–Kier alpha value is -2.28. The highest BCUT2D eigenvalue weighted by Gasteiger charge is 2.39. The van der Waals surface area contributed by atoms with Crippen molar-refractivity contribution in [1.29, 1.82) is 0 Å². The van der Waals surface area contributed by atoms with Crippen LogP contribution in [0.4, 0.5) is 0 Å². The average molecular weight is 339 g/mol. The summed E-state index contributed by atoms with van der Waals surface area (Å²) in [7, 11) is 0. The van der Waals surface area contributed by atoms with Gasteiger partial charge in [0, 0.05) is 11.6 Å². The summed E-state index contributed by atoms with van der Waals surface area (Å²) in [4.78, 5) is 9.29. The van der Waals surface area contributed by atoms with Crippen molar-refractivity contribution in [2.24, 2.45) is 5.73 Å². The second-order valence-electron chi connectivity index (χ2n) is 7.36. The van der Waals surface area contributed by atoms with E-state index in [2.05, 4.69) is 33.3 Å². The van der Waals surface area contributed by atoms with E-state index in [0.717, 1.165) is 67.3 Å². The summed E-state index contributed by atoms with van der Waals surface area (Å²) in [5.41, 5.74) is 9.26. The Bertz CT molecular complexity index is 936. The van der Waals surface area contributed by atoms with Crippen LogP contribution in [0.15, 0.2) is 15.1 Å². The van der Waals surface area contributed by atoms with Crippen LogP contribution in [0.1, 0.15) is 68.6 Å².